The number of nitrogens with one attached hydrogen (secondary N) is 1. The van der Waals surface area contributed by atoms with Gasteiger partial charge in [0, 0.05) is 6.07 Å². The summed E-state index contributed by atoms with van der Waals surface area (Å²) in [5.41, 5.74) is 0.806. The number of nitrogens with zero attached hydrogens (tertiary/aromatic N) is 2. The van der Waals surface area contributed by atoms with Gasteiger partial charge in [0.05, 0.1) is 24.7 Å². The number of hydrogen-bond acceptors (Lipinski definition) is 4. The van der Waals surface area contributed by atoms with Crippen LogP contribution in [-0.2, 0) is 0 Å². The molecule has 0 bridgehead atoms. The van der Waals surface area contributed by atoms with E-state index in [0.717, 1.165) is 24.4 Å². The molecule has 0 fully saturated rings. The summed E-state index contributed by atoms with van der Waals surface area (Å²) >= 11 is 0. The molecule has 1 aromatic carbocycles. The largest absolute Gasteiger partial charge is 0.508 e. The molecule has 2 N–H and O–H groups in total. The minimum Gasteiger partial charge on any atom is -0.508 e. The van der Waals surface area contributed by atoms with Gasteiger partial charge in [0.2, 0.25) is 0 Å². The van der Waals surface area contributed by atoms with Gasteiger partial charge in [0.1, 0.15) is 5.75 Å². The predicted octanol–water partition coefficient (Wildman–Crippen LogP) is 1.57. The number of ether oxygens (including phenoxy) is 1. The number of benzene rings is 1. The van der Waals surface area contributed by atoms with Crippen LogP contribution >= 0.6 is 0 Å². The van der Waals surface area contributed by atoms with E-state index in [1.807, 2.05) is 13.1 Å². The van der Waals surface area contributed by atoms with Gasteiger partial charge < -0.3 is 15.2 Å². The van der Waals surface area contributed by atoms with Gasteiger partial charge in [0.15, 0.2) is 5.75 Å². The molecule has 2 rings (SSSR count). The lowest BCUT2D eigenvalue weighted by Crippen LogP contribution is -2.11. The molecule has 18 heavy (non-hydrogen) atoms. The summed E-state index contributed by atoms with van der Waals surface area (Å²) in [6.45, 7) is 1.59. The summed E-state index contributed by atoms with van der Waals surface area (Å²) in [6.07, 6.45) is 4.42. The molecule has 0 aliphatic carbocycles. The monoisotopic (exact) mass is 247 g/mol. The van der Waals surface area contributed by atoms with Gasteiger partial charge in [-0.25, -0.2) is 4.68 Å². The Morgan fingerprint density at radius 2 is 2.33 bits per heavy atom. The fraction of sp³-hybridized carbons (Fsp3) is 0.308. The molecule has 0 amide bonds. The van der Waals surface area contributed by atoms with Crippen molar-refractivity contribution in [2.45, 2.75) is 6.42 Å². The highest BCUT2D eigenvalue weighted by atomic mass is 16.5. The van der Waals surface area contributed by atoms with Crippen molar-refractivity contribution >= 4 is 0 Å². The van der Waals surface area contributed by atoms with E-state index in [4.69, 9.17) is 4.74 Å². The van der Waals surface area contributed by atoms with Gasteiger partial charge in [-0.15, -0.1) is 0 Å². The Balaban J connectivity index is 1.97. The summed E-state index contributed by atoms with van der Waals surface area (Å²) in [5, 5.41) is 16.7. The minimum absolute atomic E-state index is 0.222. The van der Waals surface area contributed by atoms with E-state index in [0.29, 0.717) is 6.61 Å². The average molecular weight is 247 g/mol. The topological polar surface area (TPSA) is 59.3 Å². The van der Waals surface area contributed by atoms with Crippen LogP contribution < -0.4 is 10.1 Å². The SMILES string of the molecule is CNCCCOc1cnn(-c2cccc(O)c2)c1. The third-order valence-corrected chi connectivity index (χ3v) is 2.49. The maximum atomic E-state index is 9.40. The lowest BCUT2D eigenvalue weighted by atomic mass is 10.3. The zero-order valence-electron chi connectivity index (χ0n) is 10.3. The zero-order chi connectivity index (χ0) is 12.8. The molecule has 2 aromatic rings. The van der Waals surface area contributed by atoms with E-state index in [-0.39, 0.29) is 5.75 Å². The predicted molar refractivity (Wildman–Crippen MR) is 69.3 cm³/mol. The fourth-order valence-corrected chi connectivity index (χ4v) is 1.60. The lowest BCUT2D eigenvalue weighted by molar-refractivity contribution is 0.309. The van der Waals surface area contributed by atoms with Crippen LogP contribution in [0, 0.1) is 0 Å². The summed E-state index contributed by atoms with van der Waals surface area (Å²) in [7, 11) is 1.92. The second-order valence-electron chi connectivity index (χ2n) is 3.95. The normalized spacial score (nSPS) is 10.5. The summed E-state index contributed by atoms with van der Waals surface area (Å²) < 4.78 is 7.23. The smallest absolute Gasteiger partial charge is 0.157 e. The Kier molecular flexibility index (Phi) is 4.20. The van der Waals surface area contributed by atoms with Crippen LogP contribution in [0.4, 0.5) is 0 Å². The van der Waals surface area contributed by atoms with Crippen molar-refractivity contribution in [3.63, 3.8) is 0 Å². The van der Waals surface area contributed by atoms with Gasteiger partial charge in [-0.05, 0) is 32.1 Å². The van der Waals surface area contributed by atoms with Crippen LogP contribution in [0.15, 0.2) is 36.7 Å². The standard InChI is InChI=1S/C13H17N3O2/c1-14-6-3-7-18-13-9-15-16(10-13)11-4-2-5-12(17)8-11/h2,4-5,8-10,14,17H,3,6-7H2,1H3. The van der Waals surface area contributed by atoms with Crippen LogP contribution in [0.5, 0.6) is 11.5 Å². The van der Waals surface area contributed by atoms with E-state index in [2.05, 4.69) is 10.4 Å². The maximum absolute atomic E-state index is 9.40. The Bertz CT molecular complexity index is 496. The molecule has 5 heteroatoms. The molecule has 0 saturated carbocycles. The molecule has 0 spiro atoms. The van der Waals surface area contributed by atoms with Crippen LogP contribution in [0.1, 0.15) is 6.42 Å². The number of hydrogen-bond donors (Lipinski definition) is 2. The second kappa shape index (κ2) is 6.07. The van der Waals surface area contributed by atoms with E-state index in [1.165, 1.54) is 0 Å². The Morgan fingerprint density at radius 1 is 1.44 bits per heavy atom. The van der Waals surface area contributed by atoms with E-state index in [9.17, 15) is 5.11 Å². The molecule has 0 aliphatic heterocycles. The number of aromatic nitrogens is 2. The first-order chi connectivity index (χ1) is 8.79. The second-order valence-corrected chi connectivity index (χ2v) is 3.95. The van der Waals surface area contributed by atoms with Crippen molar-refractivity contribution in [1.82, 2.24) is 15.1 Å². The summed E-state index contributed by atoms with van der Waals surface area (Å²) in [6, 6.07) is 6.93. The van der Waals surface area contributed by atoms with Gasteiger partial charge in [-0.1, -0.05) is 6.07 Å². The molecular formula is C13H17N3O2. The minimum atomic E-state index is 0.222. The van der Waals surface area contributed by atoms with Crippen molar-refractivity contribution in [3.8, 4) is 17.2 Å². The van der Waals surface area contributed by atoms with Crippen molar-refractivity contribution in [2.75, 3.05) is 20.2 Å². The Morgan fingerprint density at radius 3 is 3.11 bits per heavy atom. The maximum Gasteiger partial charge on any atom is 0.157 e. The van der Waals surface area contributed by atoms with Crippen molar-refractivity contribution in [3.05, 3.63) is 36.7 Å². The van der Waals surface area contributed by atoms with E-state index >= 15 is 0 Å². The van der Waals surface area contributed by atoms with Gasteiger partial charge in [-0.3, -0.25) is 0 Å². The van der Waals surface area contributed by atoms with Crippen LogP contribution in [-0.4, -0.2) is 35.1 Å². The number of rotatable bonds is 6. The quantitative estimate of drug-likeness (QED) is 0.761. The number of phenolic OH excluding ortho intramolecular Hbond substituents is 1. The summed E-state index contributed by atoms with van der Waals surface area (Å²) in [5.74, 6) is 0.953. The molecule has 1 aromatic heterocycles. The first-order valence-electron chi connectivity index (χ1n) is 5.91. The van der Waals surface area contributed by atoms with Crippen molar-refractivity contribution in [2.24, 2.45) is 0 Å². The molecule has 96 valence electrons. The highest BCUT2D eigenvalue weighted by Crippen LogP contribution is 2.17. The van der Waals surface area contributed by atoms with Gasteiger partial charge in [0.25, 0.3) is 0 Å². The highest BCUT2D eigenvalue weighted by Gasteiger charge is 2.02. The van der Waals surface area contributed by atoms with Crippen LogP contribution in [0.25, 0.3) is 5.69 Å². The third kappa shape index (κ3) is 3.24. The third-order valence-electron chi connectivity index (χ3n) is 2.49. The van der Waals surface area contributed by atoms with E-state index in [1.54, 1.807) is 35.3 Å². The molecule has 0 radical (unpaired) electrons. The molecule has 0 aliphatic rings. The molecule has 0 unspecified atom stereocenters. The molecular weight excluding hydrogens is 230 g/mol. The van der Waals surface area contributed by atoms with Crippen molar-refractivity contribution in [1.29, 1.82) is 0 Å². The molecule has 0 saturated heterocycles. The first kappa shape index (κ1) is 12.4. The Labute approximate surface area is 106 Å². The van der Waals surface area contributed by atoms with Crippen molar-refractivity contribution < 1.29 is 9.84 Å². The first-order valence-corrected chi connectivity index (χ1v) is 5.91. The Hall–Kier alpha value is -2.01. The van der Waals surface area contributed by atoms with E-state index < -0.39 is 0 Å². The lowest BCUT2D eigenvalue weighted by Gasteiger charge is -2.03. The van der Waals surface area contributed by atoms with Gasteiger partial charge >= 0.3 is 0 Å². The van der Waals surface area contributed by atoms with Gasteiger partial charge in [-0.2, -0.15) is 5.10 Å². The zero-order valence-corrected chi connectivity index (χ0v) is 10.3. The molecule has 5 nitrogen and oxygen atoms in total. The average Bonchev–Trinajstić information content (AvgIpc) is 2.83. The molecule has 0 atom stereocenters. The number of aromatic hydroxyl groups is 1. The fourth-order valence-electron chi connectivity index (χ4n) is 1.60. The van der Waals surface area contributed by atoms with Crippen LogP contribution in [0.3, 0.4) is 0 Å². The highest BCUT2D eigenvalue weighted by molar-refractivity contribution is 5.38. The summed E-state index contributed by atoms with van der Waals surface area (Å²) in [4.78, 5) is 0. The molecule has 1 heterocycles. The van der Waals surface area contributed by atoms with Crippen LogP contribution in [0.2, 0.25) is 0 Å². The number of phenols is 1.